The maximum atomic E-state index is 11.1. The Bertz CT molecular complexity index is 256. The highest BCUT2D eigenvalue weighted by Gasteiger charge is 2.57. The summed E-state index contributed by atoms with van der Waals surface area (Å²) in [6, 6.07) is 0. The van der Waals surface area contributed by atoms with Crippen LogP contribution in [0.1, 0.15) is 0 Å². The Hall–Kier alpha value is -0.930. The van der Waals surface area contributed by atoms with Crippen LogP contribution >= 0.6 is 0 Å². The minimum atomic E-state index is -1.47. The van der Waals surface area contributed by atoms with Gasteiger partial charge in [-0.05, 0) is 18.2 Å². The molecule has 58 valence electrons. The monoisotopic (exact) mass is 152 g/mol. The molecule has 1 saturated heterocycles. The summed E-state index contributed by atoms with van der Waals surface area (Å²) in [6.45, 7) is 3.40. The third-order valence-corrected chi connectivity index (χ3v) is 2.10. The van der Waals surface area contributed by atoms with Crippen LogP contribution in [-0.2, 0) is 9.53 Å². The van der Waals surface area contributed by atoms with Crippen molar-refractivity contribution in [3.05, 3.63) is 24.8 Å². The molecule has 1 heterocycles. The smallest absolute Gasteiger partial charge is 0.193 e. The molecule has 1 aliphatic carbocycles. The largest absolute Gasteiger partial charge is 0.375 e. The van der Waals surface area contributed by atoms with Crippen molar-refractivity contribution in [3.8, 4) is 0 Å². The van der Waals surface area contributed by atoms with Crippen LogP contribution in [0.3, 0.4) is 0 Å². The Labute approximate surface area is 64.0 Å². The summed E-state index contributed by atoms with van der Waals surface area (Å²) in [7, 11) is 0. The van der Waals surface area contributed by atoms with Crippen molar-refractivity contribution in [1.82, 2.24) is 0 Å². The van der Waals surface area contributed by atoms with Gasteiger partial charge in [-0.15, -0.1) is 0 Å². The number of carbonyl (C=O) groups excluding carboxylic acids is 1. The van der Waals surface area contributed by atoms with Crippen molar-refractivity contribution >= 4 is 5.78 Å². The highest BCUT2D eigenvalue weighted by Crippen LogP contribution is 2.38. The minimum Gasteiger partial charge on any atom is -0.375 e. The molecule has 0 amide bonds. The molecule has 0 aromatic heterocycles. The van der Waals surface area contributed by atoms with Crippen LogP contribution in [-0.4, -0.2) is 28.7 Å². The minimum absolute atomic E-state index is 0.0873. The summed E-state index contributed by atoms with van der Waals surface area (Å²) in [5.41, 5.74) is -1.47. The van der Waals surface area contributed by atoms with Crippen molar-refractivity contribution < 1.29 is 14.6 Å². The number of aliphatic hydroxyl groups is 1. The van der Waals surface area contributed by atoms with Crippen LogP contribution in [0.25, 0.3) is 0 Å². The standard InChI is InChI=1S/C8H8O3/c1-2-8(10)6(9)4-3-5-7(8)11-5/h2-5,7,10H,1H2/t5-,7-,8+/m1/s1. The number of ketones is 1. The van der Waals surface area contributed by atoms with Crippen LogP contribution in [0, 0.1) is 0 Å². The molecule has 1 aliphatic heterocycles. The van der Waals surface area contributed by atoms with Crippen LogP contribution in [0.4, 0.5) is 0 Å². The quantitative estimate of drug-likeness (QED) is 0.418. The number of carbonyl (C=O) groups is 1. The molecule has 0 saturated carbocycles. The van der Waals surface area contributed by atoms with Crippen LogP contribution in [0.5, 0.6) is 0 Å². The number of epoxide rings is 1. The van der Waals surface area contributed by atoms with Gasteiger partial charge in [0.2, 0.25) is 0 Å². The van der Waals surface area contributed by atoms with Gasteiger partial charge in [0.15, 0.2) is 11.4 Å². The Morgan fingerprint density at radius 1 is 1.82 bits per heavy atom. The van der Waals surface area contributed by atoms with Crippen molar-refractivity contribution in [2.75, 3.05) is 0 Å². The van der Waals surface area contributed by atoms with E-state index in [4.69, 9.17) is 4.74 Å². The maximum absolute atomic E-state index is 11.1. The molecular formula is C8H8O3. The Morgan fingerprint density at radius 2 is 2.55 bits per heavy atom. The summed E-state index contributed by atoms with van der Waals surface area (Å²) in [5.74, 6) is -0.341. The first-order valence-corrected chi connectivity index (χ1v) is 3.42. The van der Waals surface area contributed by atoms with Crippen molar-refractivity contribution in [1.29, 1.82) is 0 Å². The fourth-order valence-corrected chi connectivity index (χ4v) is 1.30. The van der Waals surface area contributed by atoms with E-state index in [1.165, 1.54) is 12.2 Å². The molecule has 3 atom stereocenters. The second kappa shape index (κ2) is 1.81. The van der Waals surface area contributed by atoms with Crippen LogP contribution in [0.15, 0.2) is 24.8 Å². The molecule has 2 rings (SSSR count). The highest BCUT2D eigenvalue weighted by atomic mass is 16.6. The van der Waals surface area contributed by atoms with Gasteiger partial charge in [-0.25, -0.2) is 0 Å². The van der Waals surface area contributed by atoms with E-state index in [0.29, 0.717) is 0 Å². The summed E-state index contributed by atoms with van der Waals surface area (Å²) >= 11 is 0. The average molecular weight is 152 g/mol. The molecule has 11 heavy (non-hydrogen) atoms. The molecular weight excluding hydrogens is 144 g/mol. The predicted molar refractivity (Wildman–Crippen MR) is 38.0 cm³/mol. The highest BCUT2D eigenvalue weighted by molar-refractivity contribution is 6.00. The molecule has 0 aromatic carbocycles. The first-order valence-electron chi connectivity index (χ1n) is 3.42. The summed E-state index contributed by atoms with van der Waals surface area (Å²) in [6.07, 6.45) is 3.76. The molecule has 0 bridgehead atoms. The average Bonchev–Trinajstić information content (AvgIpc) is 2.77. The van der Waals surface area contributed by atoms with E-state index in [0.717, 1.165) is 0 Å². The second-order valence-electron chi connectivity index (χ2n) is 2.77. The van der Waals surface area contributed by atoms with E-state index in [9.17, 15) is 9.90 Å². The number of rotatable bonds is 1. The molecule has 1 N–H and O–H groups in total. The number of ether oxygens (including phenoxy) is 1. The molecule has 0 radical (unpaired) electrons. The van der Waals surface area contributed by atoms with Crippen molar-refractivity contribution in [3.63, 3.8) is 0 Å². The van der Waals surface area contributed by atoms with E-state index in [1.807, 2.05) is 0 Å². The topological polar surface area (TPSA) is 49.8 Å². The van der Waals surface area contributed by atoms with E-state index >= 15 is 0 Å². The lowest BCUT2D eigenvalue weighted by atomic mass is 9.88. The van der Waals surface area contributed by atoms with E-state index in [1.54, 1.807) is 6.08 Å². The Morgan fingerprint density at radius 3 is 3.09 bits per heavy atom. The van der Waals surface area contributed by atoms with Gasteiger partial charge in [-0.2, -0.15) is 0 Å². The van der Waals surface area contributed by atoms with Crippen molar-refractivity contribution in [2.24, 2.45) is 0 Å². The summed E-state index contributed by atoms with van der Waals surface area (Å²) in [4.78, 5) is 11.1. The van der Waals surface area contributed by atoms with Gasteiger partial charge in [-0.3, -0.25) is 4.79 Å². The van der Waals surface area contributed by atoms with Gasteiger partial charge in [0, 0.05) is 0 Å². The first-order chi connectivity index (χ1) is 5.18. The van der Waals surface area contributed by atoms with Crippen LogP contribution in [0.2, 0.25) is 0 Å². The summed E-state index contributed by atoms with van der Waals surface area (Å²) in [5, 5.41) is 9.61. The lowest BCUT2D eigenvalue weighted by Crippen LogP contribution is -2.43. The normalized spacial score (nSPS) is 46.8. The Balaban J connectivity index is 2.39. The number of fused-ring (bicyclic) bond motifs is 1. The van der Waals surface area contributed by atoms with E-state index < -0.39 is 11.7 Å². The predicted octanol–water partition coefficient (Wildman–Crippen LogP) is -0.190. The zero-order valence-electron chi connectivity index (χ0n) is 5.86. The Kier molecular flexibility index (Phi) is 1.11. The molecule has 0 unspecified atom stereocenters. The SMILES string of the molecule is C=C[C@]1(O)C(=O)C=C[C@H]2O[C@H]21. The van der Waals surface area contributed by atoms with Crippen LogP contribution < -0.4 is 0 Å². The van der Waals surface area contributed by atoms with Gasteiger partial charge in [0.05, 0.1) is 0 Å². The first kappa shape index (κ1) is 6.76. The third kappa shape index (κ3) is 0.721. The fraction of sp³-hybridized carbons (Fsp3) is 0.375. The molecule has 1 fully saturated rings. The van der Waals surface area contributed by atoms with E-state index in [-0.39, 0.29) is 11.9 Å². The number of hydrogen-bond acceptors (Lipinski definition) is 3. The summed E-state index contributed by atoms with van der Waals surface area (Å²) < 4.78 is 5.03. The zero-order valence-corrected chi connectivity index (χ0v) is 5.86. The van der Waals surface area contributed by atoms with Gasteiger partial charge in [0.25, 0.3) is 0 Å². The molecule has 0 aromatic rings. The molecule has 2 aliphatic rings. The number of hydrogen-bond donors (Lipinski definition) is 1. The van der Waals surface area contributed by atoms with Gasteiger partial charge in [0.1, 0.15) is 12.2 Å². The van der Waals surface area contributed by atoms with Gasteiger partial charge < -0.3 is 9.84 Å². The zero-order chi connectivity index (χ0) is 8.06. The molecule has 3 nitrogen and oxygen atoms in total. The lowest BCUT2D eigenvalue weighted by Gasteiger charge is -2.20. The van der Waals surface area contributed by atoms with Gasteiger partial charge in [-0.1, -0.05) is 6.58 Å². The lowest BCUT2D eigenvalue weighted by molar-refractivity contribution is -0.129. The second-order valence-corrected chi connectivity index (χ2v) is 2.77. The molecule has 0 spiro atoms. The fourth-order valence-electron chi connectivity index (χ4n) is 1.30. The maximum Gasteiger partial charge on any atom is 0.193 e. The van der Waals surface area contributed by atoms with Crippen molar-refractivity contribution in [2.45, 2.75) is 17.8 Å². The third-order valence-electron chi connectivity index (χ3n) is 2.10. The molecule has 3 heteroatoms. The van der Waals surface area contributed by atoms with E-state index in [2.05, 4.69) is 6.58 Å². The van der Waals surface area contributed by atoms with Gasteiger partial charge >= 0.3 is 0 Å².